The fourth-order valence-corrected chi connectivity index (χ4v) is 1.31. The fraction of sp³-hybridized carbons (Fsp3) is 0.900. The van der Waals surface area contributed by atoms with E-state index in [0.717, 1.165) is 0 Å². The van der Waals surface area contributed by atoms with Crippen LogP contribution in [0.1, 0.15) is 27.2 Å². The Morgan fingerprint density at radius 2 is 2.07 bits per heavy atom. The Morgan fingerprint density at radius 1 is 1.47 bits per heavy atom. The number of hydrogen-bond acceptors (Lipinski definition) is 3. The van der Waals surface area contributed by atoms with Crippen molar-refractivity contribution in [2.75, 3.05) is 6.54 Å². The fourth-order valence-electron chi connectivity index (χ4n) is 1.31. The third-order valence-corrected chi connectivity index (χ3v) is 2.34. The molecule has 1 aliphatic heterocycles. The first-order chi connectivity index (χ1) is 6.80. The minimum atomic E-state index is -2.35. The van der Waals surface area contributed by atoms with Crippen LogP contribution in [0.2, 0.25) is 0 Å². The van der Waals surface area contributed by atoms with Crippen molar-refractivity contribution in [3.05, 3.63) is 0 Å². The summed E-state index contributed by atoms with van der Waals surface area (Å²) in [5.41, 5.74) is -0.593. The van der Waals surface area contributed by atoms with Crippen LogP contribution in [0, 0.1) is 11.3 Å². The van der Waals surface area contributed by atoms with Crippen LogP contribution in [0.3, 0.4) is 0 Å². The monoisotopic (exact) mass is 221 g/mol. The van der Waals surface area contributed by atoms with Crippen molar-refractivity contribution in [1.29, 1.82) is 0 Å². The van der Waals surface area contributed by atoms with E-state index < -0.39 is 24.0 Å². The number of esters is 1. The molecule has 0 aromatic carbocycles. The lowest BCUT2D eigenvalue weighted by atomic mass is 9.97. The number of rotatable bonds is 2. The van der Waals surface area contributed by atoms with Crippen LogP contribution in [0.15, 0.2) is 0 Å². The number of carbonyl (C=O) groups is 1. The molecule has 0 bridgehead atoms. The molecule has 0 amide bonds. The molecule has 1 heterocycles. The lowest BCUT2D eigenvalue weighted by molar-refractivity contribution is -0.159. The maximum atomic E-state index is 12.3. The standard InChI is InChI=1S/C10H17F2NO2/c1-10(2,3)9(14)15-7-4-6(5-13-7)8(11)12/h6-8,13H,4-5H2,1-3H3/t6-,7?/m1/s1. The number of nitrogens with one attached hydrogen (secondary N) is 1. The van der Waals surface area contributed by atoms with E-state index in [0.29, 0.717) is 0 Å². The molecule has 3 nitrogen and oxygen atoms in total. The van der Waals surface area contributed by atoms with Crippen molar-refractivity contribution in [3.63, 3.8) is 0 Å². The molecule has 0 aliphatic carbocycles. The van der Waals surface area contributed by atoms with Gasteiger partial charge in [-0.15, -0.1) is 0 Å². The molecule has 5 heteroatoms. The second-order valence-corrected chi connectivity index (χ2v) is 4.88. The number of alkyl halides is 2. The van der Waals surface area contributed by atoms with Crippen LogP contribution in [0.5, 0.6) is 0 Å². The van der Waals surface area contributed by atoms with E-state index in [1.165, 1.54) is 0 Å². The Kier molecular flexibility index (Phi) is 3.65. The molecule has 1 unspecified atom stereocenters. The lowest BCUT2D eigenvalue weighted by Gasteiger charge is -2.20. The van der Waals surface area contributed by atoms with Gasteiger partial charge in [0, 0.05) is 18.9 Å². The average Bonchev–Trinajstić information content (AvgIpc) is 2.50. The molecular formula is C10H17F2NO2. The van der Waals surface area contributed by atoms with E-state index in [4.69, 9.17) is 4.74 Å². The normalized spacial score (nSPS) is 27.1. The second-order valence-electron chi connectivity index (χ2n) is 4.88. The zero-order valence-electron chi connectivity index (χ0n) is 9.22. The molecular weight excluding hydrogens is 204 g/mol. The van der Waals surface area contributed by atoms with Crippen LogP contribution < -0.4 is 5.32 Å². The Hall–Kier alpha value is -0.710. The first-order valence-corrected chi connectivity index (χ1v) is 5.03. The summed E-state index contributed by atoms with van der Waals surface area (Å²) in [7, 11) is 0. The summed E-state index contributed by atoms with van der Waals surface area (Å²) in [6.07, 6.45) is -2.72. The molecule has 1 N–H and O–H groups in total. The molecule has 15 heavy (non-hydrogen) atoms. The van der Waals surface area contributed by atoms with Gasteiger partial charge < -0.3 is 4.74 Å². The van der Waals surface area contributed by atoms with Gasteiger partial charge in [-0.2, -0.15) is 0 Å². The maximum Gasteiger partial charge on any atom is 0.312 e. The summed E-state index contributed by atoms with van der Waals surface area (Å²) in [6, 6.07) is 0. The molecule has 0 aromatic rings. The Bertz CT molecular complexity index is 238. The van der Waals surface area contributed by atoms with Crippen molar-refractivity contribution in [2.24, 2.45) is 11.3 Å². The largest absolute Gasteiger partial charge is 0.446 e. The third-order valence-electron chi connectivity index (χ3n) is 2.34. The van der Waals surface area contributed by atoms with E-state index in [1.54, 1.807) is 20.8 Å². The highest BCUT2D eigenvalue weighted by molar-refractivity contribution is 5.75. The van der Waals surface area contributed by atoms with Gasteiger partial charge in [0.1, 0.15) is 0 Å². The summed E-state index contributed by atoms with van der Waals surface area (Å²) >= 11 is 0. The highest BCUT2D eigenvalue weighted by atomic mass is 19.3. The van der Waals surface area contributed by atoms with Crippen molar-refractivity contribution < 1.29 is 18.3 Å². The zero-order chi connectivity index (χ0) is 11.6. The smallest absolute Gasteiger partial charge is 0.312 e. The van der Waals surface area contributed by atoms with Gasteiger partial charge in [0.25, 0.3) is 0 Å². The van der Waals surface area contributed by atoms with Crippen LogP contribution in [0.25, 0.3) is 0 Å². The molecule has 0 saturated carbocycles. The third kappa shape index (κ3) is 3.41. The highest BCUT2D eigenvalue weighted by Gasteiger charge is 2.34. The molecule has 88 valence electrons. The molecule has 0 radical (unpaired) electrons. The number of halogens is 2. The van der Waals surface area contributed by atoms with E-state index in [-0.39, 0.29) is 18.9 Å². The van der Waals surface area contributed by atoms with Crippen LogP contribution in [-0.2, 0) is 9.53 Å². The van der Waals surface area contributed by atoms with Gasteiger partial charge in [0.15, 0.2) is 6.23 Å². The predicted molar refractivity (Wildman–Crippen MR) is 51.4 cm³/mol. The van der Waals surface area contributed by atoms with E-state index >= 15 is 0 Å². The molecule has 2 atom stereocenters. The van der Waals surface area contributed by atoms with Crippen LogP contribution in [0.4, 0.5) is 8.78 Å². The van der Waals surface area contributed by atoms with Crippen LogP contribution in [-0.4, -0.2) is 25.2 Å². The van der Waals surface area contributed by atoms with Crippen molar-refractivity contribution in [1.82, 2.24) is 5.32 Å². The maximum absolute atomic E-state index is 12.3. The summed E-state index contributed by atoms with van der Waals surface area (Å²) in [4.78, 5) is 11.4. The first-order valence-electron chi connectivity index (χ1n) is 5.03. The van der Waals surface area contributed by atoms with Gasteiger partial charge in [-0.05, 0) is 20.8 Å². The highest BCUT2D eigenvalue weighted by Crippen LogP contribution is 2.24. The summed E-state index contributed by atoms with van der Waals surface area (Å²) in [5.74, 6) is -1.07. The topological polar surface area (TPSA) is 38.3 Å². The molecule has 1 aliphatic rings. The molecule has 1 fully saturated rings. The Morgan fingerprint density at radius 3 is 2.47 bits per heavy atom. The van der Waals surface area contributed by atoms with Gasteiger partial charge >= 0.3 is 5.97 Å². The van der Waals surface area contributed by atoms with Crippen molar-refractivity contribution in [3.8, 4) is 0 Å². The zero-order valence-corrected chi connectivity index (χ0v) is 9.22. The quantitative estimate of drug-likeness (QED) is 0.722. The van der Waals surface area contributed by atoms with Crippen molar-refractivity contribution >= 4 is 5.97 Å². The summed E-state index contributed by atoms with van der Waals surface area (Å²) in [5, 5.41) is 2.77. The second kappa shape index (κ2) is 4.43. The Labute approximate surface area is 88.2 Å². The minimum Gasteiger partial charge on any atom is -0.446 e. The predicted octanol–water partition coefficient (Wildman–Crippen LogP) is 1.78. The number of hydrogen-bond donors (Lipinski definition) is 1. The number of ether oxygens (including phenoxy) is 1. The lowest BCUT2D eigenvalue weighted by Crippen LogP contribution is -2.33. The number of carbonyl (C=O) groups excluding carboxylic acids is 1. The van der Waals surface area contributed by atoms with Gasteiger partial charge in [-0.1, -0.05) is 0 Å². The molecule has 0 spiro atoms. The van der Waals surface area contributed by atoms with E-state index in [9.17, 15) is 13.6 Å². The molecule has 1 rings (SSSR count). The van der Waals surface area contributed by atoms with E-state index in [1.807, 2.05) is 0 Å². The van der Waals surface area contributed by atoms with Crippen LogP contribution >= 0.6 is 0 Å². The first kappa shape index (κ1) is 12.4. The Balaban J connectivity index is 2.40. The van der Waals surface area contributed by atoms with Gasteiger partial charge in [-0.25, -0.2) is 8.78 Å². The summed E-state index contributed by atoms with van der Waals surface area (Å²) < 4.78 is 29.7. The van der Waals surface area contributed by atoms with E-state index in [2.05, 4.69) is 5.32 Å². The molecule has 1 saturated heterocycles. The van der Waals surface area contributed by atoms with Gasteiger partial charge in [-0.3, -0.25) is 10.1 Å². The minimum absolute atomic E-state index is 0.194. The SMILES string of the molecule is CC(C)(C)C(=O)OC1C[C@@H](C(F)F)CN1. The van der Waals surface area contributed by atoms with Crippen molar-refractivity contribution in [2.45, 2.75) is 39.8 Å². The average molecular weight is 221 g/mol. The summed E-state index contributed by atoms with van der Waals surface area (Å²) in [6.45, 7) is 5.40. The van der Waals surface area contributed by atoms with Gasteiger partial charge in [0.05, 0.1) is 5.41 Å². The molecule has 0 aromatic heterocycles. The van der Waals surface area contributed by atoms with Gasteiger partial charge in [0.2, 0.25) is 6.43 Å².